The summed E-state index contributed by atoms with van der Waals surface area (Å²) in [5, 5.41) is 0.574. The van der Waals surface area contributed by atoms with Crippen LogP contribution in [-0.4, -0.2) is 29.9 Å². The van der Waals surface area contributed by atoms with Gasteiger partial charge in [-0.05, 0) is 68.1 Å². The fraction of sp³-hybridized carbons (Fsp3) is 0.350. The molecular formula is C20H23Cl2FN2O2. The smallest absolute Gasteiger partial charge is 0.253 e. The number of carbonyl (C=O) groups is 1. The molecule has 0 spiro atoms. The van der Waals surface area contributed by atoms with E-state index in [9.17, 15) is 9.18 Å². The lowest BCUT2D eigenvalue weighted by Gasteiger charge is -2.34. The molecule has 1 aliphatic rings. The zero-order valence-corrected chi connectivity index (χ0v) is 16.6. The van der Waals surface area contributed by atoms with Crippen molar-refractivity contribution in [2.24, 2.45) is 11.7 Å². The minimum Gasteiger partial charge on any atom is -0.454 e. The molecule has 0 aromatic heterocycles. The van der Waals surface area contributed by atoms with Crippen molar-refractivity contribution in [1.82, 2.24) is 4.90 Å². The molecule has 2 atom stereocenters. The monoisotopic (exact) mass is 412 g/mol. The van der Waals surface area contributed by atoms with Gasteiger partial charge in [0.25, 0.3) is 5.91 Å². The molecule has 2 N–H and O–H groups in total. The summed E-state index contributed by atoms with van der Waals surface area (Å²) >= 11 is 5.83. The summed E-state index contributed by atoms with van der Waals surface area (Å²) in [6.45, 7) is 3.25. The largest absolute Gasteiger partial charge is 0.454 e. The highest BCUT2D eigenvalue weighted by atomic mass is 35.5. The summed E-state index contributed by atoms with van der Waals surface area (Å²) in [5.41, 5.74) is 6.29. The fourth-order valence-electron chi connectivity index (χ4n) is 3.15. The summed E-state index contributed by atoms with van der Waals surface area (Å²) in [5.74, 6) is 0.0723. The number of rotatable bonds is 4. The van der Waals surface area contributed by atoms with Gasteiger partial charge in [-0.3, -0.25) is 4.79 Å². The van der Waals surface area contributed by atoms with Crippen LogP contribution in [0, 0.1) is 11.7 Å². The quantitative estimate of drug-likeness (QED) is 0.777. The first-order valence-corrected chi connectivity index (χ1v) is 9.09. The highest BCUT2D eigenvalue weighted by Crippen LogP contribution is 2.27. The Bertz CT molecular complexity index is 784. The van der Waals surface area contributed by atoms with Gasteiger partial charge in [0.05, 0.1) is 0 Å². The van der Waals surface area contributed by atoms with Crippen LogP contribution in [0.4, 0.5) is 4.39 Å². The average Bonchev–Trinajstić information content (AvgIpc) is 2.64. The lowest BCUT2D eigenvalue weighted by Crippen LogP contribution is -2.45. The molecule has 2 unspecified atom stereocenters. The SMILES string of the molecule is CC(N)C1CCCN(C(=O)c2ccc(Oc3ccc(Cl)cc3)c(F)c2)C1.Cl. The number of amides is 1. The fourth-order valence-corrected chi connectivity index (χ4v) is 3.28. The number of halogens is 3. The highest BCUT2D eigenvalue weighted by molar-refractivity contribution is 6.30. The summed E-state index contributed by atoms with van der Waals surface area (Å²) in [6, 6.07) is 11.0. The van der Waals surface area contributed by atoms with Crippen LogP contribution >= 0.6 is 24.0 Å². The van der Waals surface area contributed by atoms with E-state index in [0.717, 1.165) is 12.8 Å². The van der Waals surface area contributed by atoms with Gasteiger partial charge in [-0.2, -0.15) is 0 Å². The van der Waals surface area contributed by atoms with E-state index in [-0.39, 0.29) is 36.0 Å². The van der Waals surface area contributed by atoms with E-state index < -0.39 is 5.82 Å². The molecule has 3 rings (SSSR count). The Morgan fingerprint density at radius 2 is 2.00 bits per heavy atom. The lowest BCUT2D eigenvalue weighted by atomic mass is 9.92. The summed E-state index contributed by atoms with van der Waals surface area (Å²) in [4.78, 5) is 14.4. The molecule has 1 saturated heterocycles. The van der Waals surface area contributed by atoms with Gasteiger partial charge in [0, 0.05) is 29.7 Å². The standard InChI is InChI=1S/C20H22ClFN2O2.ClH/c1-13(23)15-3-2-10-24(12-15)20(25)14-4-9-19(18(22)11-14)26-17-7-5-16(21)6-8-17;/h4-9,11,13,15H,2-3,10,12,23H2,1H3;1H. The maximum Gasteiger partial charge on any atom is 0.253 e. The average molecular weight is 413 g/mol. The molecule has 2 aromatic rings. The maximum absolute atomic E-state index is 14.4. The summed E-state index contributed by atoms with van der Waals surface area (Å²) in [6.07, 6.45) is 1.93. The van der Waals surface area contributed by atoms with Crippen LogP contribution in [0.5, 0.6) is 11.5 Å². The third kappa shape index (κ3) is 5.34. The van der Waals surface area contributed by atoms with E-state index in [2.05, 4.69) is 0 Å². The number of hydrogen-bond acceptors (Lipinski definition) is 3. The Kier molecular flexibility index (Phi) is 7.48. The molecule has 1 amide bonds. The second kappa shape index (κ2) is 9.40. The van der Waals surface area contributed by atoms with Gasteiger partial charge in [0.1, 0.15) is 5.75 Å². The van der Waals surface area contributed by atoms with Crippen molar-refractivity contribution in [2.45, 2.75) is 25.8 Å². The Morgan fingerprint density at radius 3 is 2.63 bits per heavy atom. The van der Waals surface area contributed by atoms with Crippen LogP contribution in [-0.2, 0) is 0 Å². The Labute approximate surface area is 169 Å². The second-order valence-electron chi connectivity index (χ2n) is 6.71. The molecule has 7 heteroatoms. The third-order valence-corrected chi connectivity index (χ3v) is 4.96. The molecule has 27 heavy (non-hydrogen) atoms. The minimum absolute atomic E-state index is 0. The van der Waals surface area contributed by atoms with E-state index in [1.807, 2.05) is 6.92 Å². The zero-order chi connectivity index (χ0) is 18.7. The van der Waals surface area contributed by atoms with E-state index in [4.69, 9.17) is 22.1 Å². The third-order valence-electron chi connectivity index (χ3n) is 4.71. The number of benzene rings is 2. The van der Waals surface area contributed by atoms with Crippen LogP contribution in [0.15, 0.2) is 42.5 Å². The Hall–Kier alpha value is -1.82. The van der Waals surface area contributed by atoms with Gasteiger partial charge in [0.15, 0.2) is 11.6 Å². The first-order chi connectivity index (χ1) is 12.4. The molecule has 146 valence electrons. The number of nitrogens with zero attached hydrogens (tertiary/aromatic N) is 1. The molecule has 0 saturated carbocycles. The van der Waals surface area contributed by atoms with Crippen LogP contribution < -0.4 is 10.5 Å². The first-order valence-electron chi connectivity index (χ1n) is 8.72. The number of likely N-dealkylation sites (tertiary alicyclic amines) is 1. The first kappa shape index (κ1) is 21.5. The number of piperidine rings is 1. The molecule has 0 aliphatic carbocycles. The molecular weight excluding hydrogens is 390 g/mol. The van der Waals surface area contributed by atoms with Crippen molar-refractivity contribution in [1.29, 1.82) is 0 Å². The molecule has 1 heterocycles. The van der Waals surface area contributed by atoms with E-state index in [1.54, 1.807) is 35.2 Å². The van der Waals surface area contributed by atoms with Crippen molar-refractivity contribution in [2.75, 3.05) is 13.1 Å². The van der Waals surface area contributed by atoms with Gasteiger partial charge >= 0.3 is 0 Å². The van der Waals surface area contributed by atoms with Gasteiger partial charge in [-0.15, -0.1) is 12.4 Å². The predicted molar refractivity (Wildman–Crippen MR) is 107 cm³/mol. The van der Waals surface area contributed by atoms with E-state index in [0.29, 0.717) is 29.4 Å². The predicted octanol–water partition coefficient (Wildman–Crippen LogP) is 4.89. The topological polar surface area (TPSA) is 55.6 Å². The van der Waals surface area contributed by atoms with E-state index in [1.165, 1.54) is 12.1 Å². The van der Waals surface area contributed by atoms with Crippen molar-refractivity contribution < 1.29 is 13.9 Å². The highest BCUT2D eigenvalue weighted by Gasteiger charge is 2.27. The van der Waals surface area contributed by atoms with Crippen molar-refractivity contribution in [3.8, 4) is 11.5 Å². The van der Waals surface area contributed by atoms with Gasteiger partial charge in [0.2, 0.25) is 0 Å². The molecule has 2 aromatic carbocycles. The molecule has 1 aliphatic heterocycles. The van der Waals surface area contributed by atoms with Gasteiger partial charge < -0.3 is 15.4 Å². The van der Waals surface area contributed by atoms with Crippen molar-refractivity contribution in [3.63, 3.8) is 0 Å². The number of nitrogens with two attached hydrogens (primary N) is 1. The number of carbonyl (C=O) groups excluding carboxylic acids is 1. The van der Waals surface area contributed by atoms with Crippen molar-refractivity contribution in [3.05, 3.63) is 58.9 Å². The molecule has 0 bridgehead atoms. The van der Waals surface area contributed by atoms with Crippen LogP contribution in [0.1, 0.15) is 30.1 Å². The summed E-state index contributed by atoms with van der Waals surface area (Å²) in [7, 11) is 0. The van der Waals surface area contributed by atoms with Crippen LogP contribution in [0.2, 0.25) is 5.02 Å². The normalized spacial score (nSPS) is 17.8. The minimum atomic E-state index is -0.577. The van der Waals surface area contributed by atoms with Crippen LogP contribution in [0.25, 0.3) is 0 Å². The maximum atomic E-state index is 14.4. The van der Waals surface area contributed by atoms with E-state index >= 15 is 0 Å². The lowest BCUT2D eigenvalue weighted by molar-refractivity contribution is 0.0660. The Morgan fingerprint density at radius 1 is 1.30 bits per heavy atom. The molecule has 4 nitrogen and oxygen atoms in total. The molecule has 0 radical (unpaired) electrons. The van der Waals surface area contributed by atoms with Gasteiger partial charge in [-0.25, -0.2) is 4.39 Å². The zero-order valence-electron chi connectivity index (χ0n) is 15.0. The number of ether oxygens (including phenoxy) is 1. The van der Waals surface area contributed by atoms with Crippen molar-refractivity contribution >= 4 is 29.9 Å². The molecule has 1 fully saturated rings. The van der Waals surface area contributed by atoms with Gasteiger partial charge in [-0.1, -0.05) is 11.6 Å². The second-order valence-corrected chi connectivity index (χ2v) is 7.15. The van der Waals surface area contributed by atoms with Crippen LogP contribution in [0.3, 0.4) is 0 Å². The number of hydrogen-bond donors (Lipinski definition) is 1. The summed E-state index contributed by atoms with van der Waals surface area (Å²) < 4.78 is 19.9. The Balaban J connectivity index is 0.00000261.